The molecule has 2 N–H and O–H groups in total. The van der Waals surface area contributed by atoms with E-state index in [-0.39, 0.29) is 5.91 Å². The molecule has 0 aromatic heterocycles. The number of carbonyl (C=O) groups is 1. The van der Waals surface area contributed by atoms with Crippen LogP contribution in [0.2, 0.25) is 0 Å². The molecule has 4 heteroatoms. The van der Waals surface area contributed by atoms with Gasteiger partial charge >= 0.3 is 0 Å². The fourth-order valence-corrected chi connectivity index (χ4v) is 1.67. The molecule has 15 heavy (non-hydrogen) atoms. The van der Waals surface area contributed by atoms with Crippen LogP contribution in [0.5, 0.6) is 0 Å². The molecule has 0 aromatic rings. The summed E-state index contributed by atoms with van der Waals surface area (Å²) in [4.78, 5) is 11.3. The average molecular weight is 212 g/mol. The molecule has 0 radical (unpaired) electrons. The zero-order valence-corrected chi connectivity index (χ0v) is 9.34. The minimum Gasteiger partial charge on any atom is -0.380 e. The van der Waals surface area contributed by atoms with Crippen LogP contribution in [-0.2, 0) is 9.53 Å². The maximum absolute atomic E-state index is 11.3. The Morgan fingerprint density at radius 2 is 2.20 bits per heavy atom. The summed E-state index contributed by atoms with van der Waals surface area (Å²) in [5.74, 6) is 0.181. The Morgan fingerprint density at radius 1 is 1.47 bits per heavy atom. The Morgan fingerprint density at radius 3 is 2.73 bits per heavy atom. The lowest BCUT2D eigenvalue weighted by molar-refractivity contribution is -0.121. The molecule has 4 nitrogen and oxygen atoms in total. The first kappa shape index (κ1) is 10.9. The zero-order chi connectivity index (χ0) is 10.7. The molecule has 0 spiro atoms. The van der Waals surface area contributed by atoms with E-state index < -0.39 is 0 Å². The number of nitrogens with one attached hydrogen (secondary N) is 2. The van der Waals surface area contributed by atoms with Crippen molar-refractivity contribution in [3.05, 3.63) is 0 Å². The largest absolute Gasteiger partial charge is 0.380 e. The van der Waals surface area contributed by atoms with Crippen LogP contribution < -0.4 is 10.6 Å². The van der Waals surface area contributed by atoms with Gasteiger partial charge < -0.3 is 15.4 Å². The van der Waals surface area contributed by atoms with Gasteiger partial charge in [-0.15, -0.1) is 0 Å². The second-order valence-electron chi connectivity index (χ2n) is 5.07. The Hall–Kier alpha value is -0.610. The number of amides is 1. The van der Waals surface area contributed by atoms with E-state index in [1.807, 2.05) is 0 Å². The van der Waals surface area contributed by atoms with Crippen molar-refractivity contribution in [1.82, 2.24) is 10.6 Å². The molecule has 2 rings (SSSR count). The summed E-state index contributed by atoms with van der Waals surface area (Å²) < 4.78 is 5.16. The van der Waals surface area contributed by atoms with Crippen LogP contribution in [0.1, 0.15) is 26.2 Å². The summed E-state index contributed by atoms with van der Waals surface area (Å²) >= 11 is 0. The Kier molecular flexibility index (Phi) is 3.26. The van der Waals surface area contributed by atoms with E-state index in [1.54, 1.807) is 0 Å². The number of hydrogen-bond acceptors (Lipinski definition) is 3. The van der Waals surface area contributed by atoms with E-state index in [2.05, 4.69) is 17.6 Å². The number of carbonyl (C=O) groups excluding carboxylic acids is 1. The second-order valence-corrected chi connectivity index (χ2v) is 5.07. The molecule has 0 unspecified atom stereocenters. The van der Waals surface area contributed by atoms with E-state index in [1.165, 1.54) is 0 Å². The fraction of sp³-hybridized carbons (Fsp3) is 0.909. The highest BCUT2D eigenvalue weighted by molar-refractivity contribution is 5.76. The average Bonchev–Trinajstić information content (AvgIpc) is 2.93. The highest BCUT2D eigenvalue weighted by atomic mass is 16.5. The topological polar surface area (TPSA) is 50.4 Å². The van der Waals surface area contributed by atoms with Crippen molar-refractivity contribution >= 4 is 5.91 Å². The van der Waals surface area contributed by atoms with Gasteiger partial charge in [-0.25, -0.2) is 0 Å². The number of hydrogen-bond donors (Lipinski definition) is 2. The van der Waals surface area contributed by atoms with Gasteiger partial charge in [0.15, 0.2) is 0 Å². The van der Waals surface area contributed by atoms with E-state index in [0.29, 0.717) is 17.9 Å². The van der Waals surface area contributed by atoms with Crippen molar-refractivity contribution < 1.29 is 9.53 Å². The summed E-state index contributed by atoms with van der Waals surface area (Å²) in [5.41, 5.74) is 0.299. The lowest BCUT2D eigenvalue weighted by Gasteiger charge is -2.38. The minimum atomic E-state index is 0.181. The maximum atomic E-state index is 11.3. The molecule has 2 fully saturated rings. The van der Waals surface area contributed by atoms with E-state index in [0.717, 1.165) is 39.1 Å². The molecule has 86 valence electrons. The van der Waals surface area contributed by atoms with Crippen LogP contribution in [-0.4, -0.2) is 38.3 Å². The first-order valence-corrected chi connectivity index (χ1v) is 5.76. The van der Waals surface area contributed by atoms with Gasteiger partial charge in [-0.05, 0) is 12.8 Å². The van der Waals surface area contributed by atoms with Crippen molar-refractivity contribution in [2.75, 3.05) is 26.3 Å². The molecule has 0 atom stereocenters. The van der Waals surface area contributed by atoms with E-state index >= 15 is 0 Å². The molecule has 0 aromatic carbocycles. The molecule has 1 heterocycles. The van der Waals surface area contributed by atoms with Crippen molar-refractivity contribution in [2.24, 2.45) is 5.41 Å². The van der Waals surface area contributed by atoms with Gasteiger partial charge in [0.2, 0.25) is 5.91 Å². The van der Waals surface area contributed by atoms with Crippen LogP contribution in [0.3, 0.4) is 0 Å². The normalized spacial score (nSPS) is 23.3. The molecule has 2 aliphatic rings. The molecule has 1 amide bonds. The van der Waals surface area contributed by atoms with Gasteiger partial charge in [-0.1, -0.05) is 6.92 Å². The summed E-state index contributed by atoms with van der Waals surface area (Å²) in [6.45, 7) is 5.61. The highest BCUT2D eigenvalue weighted by Crippen LogP contribution is 2.24. The van der Waals surface area contributed by atoms with E-state index in [4.69, 9.17) is 4.74 Å². The smallest absolute Gasteiger partial charge is 0.221 e. The SMILES string of the molecule is CC1(CNCCC(=O)NC2CC2)COC1. The van der Waals surface area contributed by atoms with Gasteiger partial charge in [0.25, 0.3) is 0 Å². The quantitative estimate of drug-likeness (QED) is 0.622. The Labute approximate surface area is 90.8 Å². The predicted octanol–water partition coefficient (Wildman–Crippen LogP) is 0.281. The Bertz CT molecular complexity index is 235. The summed E-state index contributed by atoms with van der Waals surface area (Å²) in [6.07, 6.45) is 2.91. The van der Waals surface area contributed by atoms with Gasteiger partial charge in [0.1, 0.15) is 0 Å². The van der Waals surface area contributed by atoms with Crippen LogP contribution >= 0.6 is 0 Å². The minimum absolute atomic E-state index is 0.181. The third-order valence-electron chi connectivity index (χ3n) is 2.92. The molecular formula is C11H20N2O2. The zero-order valence-electron chi connectivity index (χ0n) is 9.34. The predicted molar refractivity (Wildman–Crippen MR) is 57.6 cm³/mol. The number of rotatable bonds is 6. The molecule has 1 aliphatic carbocycles. The van der Waals surface area contributed by atoms with Gasteiger partial charge in [-0.3, -0.25) is 4.79 Å². The van der Waals surface area contributed by atoms with Crippen molar-refractivity contribution in [3.8, 4) is 0 Å². The van der Waals surface area contributed by atoms with Gasteiger partial charge in [0, 0.05) is 31.0 Å². The van der Waals surface area contributed by atoms with Crippen LogP contribution in [0.4, 0.5) is 0 Å². The van der Waals surface area contributed by atoms with Gasteiger partial charge in [0.05, 0.1) is 13.2 Å². The summed E-state index contributed by atoms with van der Waals surface area (Å²) in [5, 5.41) is 6.29. The fourth-order valence-electron chi connectivity index (χ4n) is 1.67. The van der Waals surface area contributed by atoms with Crippen LogP contribution in [0.15, 0.2) is 0 Å². The van der Waals surface area contributed by atoms with Crippen molar-refractivity contribution in [1.29, 1.82) is 0 Å². The first-order chi connectivity index (χ1) is 7.18. The molecule has 1 saturated carbocycles. The lowest BCUT2D eigenvalue weighted by atomic mass is 9.89. The highest BCUT2D eigenvalue weighted by Gasteiger charge is 2.32. The monoisotopic (exact) mass is 212 g/mol. The second kappa shape index (κ2) is 4.49. The van der Waals surface area contributed by atoms with Crippen molar-refractivity contribution in [2.45, 2.75) is 32.2 Å². The van der Waals surface area contributed by atoms with E-state index in [9.17, 15) is 4.79 Å². The Balaban J connectivity index is 1.48. The third kappa shape index (κ3) is 3.47. The summed E-state index contributed by atoms with van der Waals surface area (Å²) in [7, 11) is 0. The van der Waals surface area contributed by atoms with Crippen molar-refractivity contribution in [3.63, 3.8) is 0 Å². The maximum Gasteiger partial charge on any atom is 0.221 e. The number of ether oxygens (including phenoxy) is 1. The third-order valence-corrected chi connectivity index (χ3v) is 2.92. The first-order valence-electron chi connectivity index (χ1n) is 5.76. The summed E-state index contributed by atoms with van der Waals surface area (Å²) in [6, 6.07) is 0.482. The standard InChI is InChI=1S/C11H20N2O2/c1-11(7-15-8-11)6-12-5-4-10(14)13-9-2-3-9/h9,12H,2-8H2,1H3,(H,13,14). The molecule has 0 bridgehead atoms. The van der Waals surface area contributed by atoms with Crippen LogP contribution in [0.25, 0.3) is 0 Å². The molecular weight excluding hydrogens is 192 g/mol. The molecule has 1 saturated heterocycles. The van der Waals surface area contributed by atoms with Gasteiger partial charge in [-0.2, -0.15) is 0 Å². The lowest BCUT2D eigenvalue weighted by Crippen LogP contribution is -2.47. The molecule has 1 aliphatic heterocycles. The van der Waals surface area contributed by atoms with Crippen LogP contribution in [0, 0.1) is 5.41 Å².